The first-order chi connectivity index (χ1) is 6.08. The summed E-state index contributed by atoms with van der Waals surface area (Å²) in [5.74, 6) is -2.98. The molecule has 2 nitrogen and oxygen atoms in total. The van der Waals surface area contributed by atoms with E-state index in [-0.39, 0.29) is 6.54 Å². The van der Waals surface area contributed by atoms with Gasteiger partial charge in [0.2, 0.25) is 0 Å². The van der Waals surface area contributed by atoms with E-state index >= 15 is 0 Å². The fourth-order valence-electron chi connectivity index (χ4n) is 1.40. The summed E-state index contributed by atoms with van der Waals surface area (Å²) in [6.07, 6.45) is 4.57. The number of nitrogens with zero attached hydrogens (tertiary/aromatic N) is 2. The van der Waals surface area contributed by atoms with Crippen molar-refractivity contribution in [3.05, 3.63) is 18.0 Å². The summed E-state index contributed by atoms with van der Waals surface area (Å²) in [5, 5.41) is 3.85. The molecular formula is C9H12F2N2. The molecule has 1 aliphatic rings. The molecule has 0 spiro atoms. The van der Waals surface area contributed by atoms with Crippen molar-refractivity contribution < 1.29 is 8.78 Å². The molecule has 2 rings (SSSR count). The zero-order valence-electron chi connectivity index (χ0n) is 7.50. The van der Waals surface area contributed by atoms with E-state index in [4.69, 9.17) is 0 Å². The Bertz CT molecular complexity index is 302. The topological polar surface area (TPSA) is 17.8 Å². The van der Waals surface area contributed by atoms with Crippen LogP contribution < -0.4 is 0 Å². The van der Waals surface area contributed by atoms with Gasteiger partial charge in [-0.3, -0.25) is 4.68 Å². The monoisotopic (exact) mass is 186 g/mol. The van der Waals surface area contributed by atoms with E-state index in [1.807, 2.05) is 6.92 Å². The van der Waals surface area contributed by atoms with Crippen LogP contribution in [0.2, 0.25) is 0 Å². The molecule has 1 aromatic rings. The van der Waals surface area contributed by atoms with Gasteiger partial charge in [0.05, 0.1) is 6.20 Å². The van der Waals surface area contributed by atoms with Gasteiger partial charge in [-0.05, 0) is 25.3 Å². The highest BCUT2D eigenvalue weighted by Crippen LogP contribution is 2.44. The van der Waals surface area contributed by atoms with Crippen molar-refractivity contribution in [3.63, 3.8) is 0 Å². The van der Waals surface area contributed by atoms with Gasteiger partial charge in [-0.25, -0.2) is 8.78 Å². The predicted octanol–water partition coefficient (Wildman–Crippen LogP) is 2.24. The van der Waals surface area contributed by atoms with Gasteiger partial charge in [0.25, 0.3) is 5.92 Å². The van der Waals surface area contributed by atoms with E-state index in [0.29, 0.717) is 12.8 Å². The van der Waals surface area contributed by atoms with Gasteiger partial charge < -0.3 is 0 Å². The number of rotatable bonds is 3. The van der Waals surface area contributed by atoms with E-state index in [9.17, 15) is 8.78 Å². The molecule has 0 aromatic carbocycles. The van der Waals surface area contributed by atoms with Crippen LogP contribution in [0.15, 0.2) is 12.4 Å². The van der Waals surface area contributed by atoms with E-state index in [2.05, 4.69) is 5.10 Å². The molecule has 1 aromatic heterocycles. The van der Waals surface area contributed by atoms with Crippen LogP contribution in [-0.2, 0) is 6.54 Å². The summed E-state index contributed by atoms with van der Waals surface area (Å²) in [4.78, 5) is 0. The van der Waals surface area contributed by atoms with Crippen LogP contribution in [0.4, 0.5) is 8.78 Å². The summed E-state index contributed by atoms with van der Waals surface area (Å²) >= 11 is 0. The Morgan fingerprint density at radius 1 is 1.62 bits per heavy atom. The van der Waals surface area contributed by atoms with Crippen LogP contribution in [0.3, 0.4) is 0 Å². The molecule has 0 radical (unpaired) electrons. The summed E-state index contributed by atoms with van der Waals surface area (Å²) in [6.45, 7) is 1.57. The average Bonchev–Trinajstić information content (AvgIpc) is 2.78. The number of aryl methyl sites for hydroxylation is 1. The van der Waals surface area contributed by atoms with Gasteiger partial charge in [-0.1, -0.05) is 0 Å². The highest BCUT2D eigenvalue weighted by Gasteiger charge is 2.46. The van der Waals surface area contributed by atoms with Crippen LogP contribution in [0.5, 0.6) is 0 Å². The Labute approximate surface area is 75.6 Å². The first kappa shape index (κ1) is 8.66. The molecule has 4 heteroatoms. The van der Waals surface area contributed by atoms with Crippen molar-refractivity contribution in [3.8, 4) is 0 Å². The summed E-state index contributed by atoms with van der Waals surface area (Å²) in [5.41, 5.74) is 0.923. The van der Waals surface area contributed by atoms with E-state index in [1.54, 1.807) is 12.4 Å². The molecule has 0 unspecified atom stereocenters. The van der Waals surface area contributed by atoms with Gasteiger partial charge in [0, 0.05) is 12.1 Å². The highest BCUT2D eigenvalue weighted by atomic mass is 19.3. The number of hydrogen-bond donors (Lipinski definition) is 0. The van der Waals surface area contributed by atoms with E-state index < -0.39 is 11.8 Å². The molecule has 1 heterocycles. The zero-order valence-corrected chi connectivity index (χ0v) is 7.50. The molecule has 0 atom stereocenters. The maximum atomic E-state index is 13.2. The lowest BCUT2D eigenvalue weighted by Crippen LogP contribution is -2.26. The maximum Gasteiger partial charge on any atom is 0.270 e. The Morgan fingerprint density at radius 3 is 2.77 bits per heavy atom. The lowest BCUT2D eigenvalue weighted by molar-refractivity contribution is -0.0414. The minimum atomic E-state index is -2.57. The number of halogens is 2. The van der Waals surface area contributed by atoms with Crippen LogP contribution in [0, 0.1) is 12.8 Å². The van der Waals surface area contributed by atoms with Crippen molar-refractivity contribution in [2.24, 2.45) is 5.92 Å². The van der Waals surface area contributed by atoms with E-state index in [1.165, 1.54) is 4.68 Å². The largest absolute Gasteiger partial charge is 0.270 e. The second kappa shape index (κ2) is 2.79. The van der Waals surface area contributed by atoms with Crippen molar-refractivity contribution in [2.75, 3.05) is 0 Å². The van der Waals surface area contributed by atoms with Crippen molar-refractivity contribution in [2.45, 2.75) is 32.2 Å². The highest BCUT2D eigenvalue weighted by molar-refractivity contribution is 5.00. The quantitative estimate of drug-likeness (QED) is 0.707. The molecule has 0 amide bonds. The summed E-state index contributed by atoms with van der Waals surface area (Å²) in [6, 6.07) is 0. The Kier molecular flexibility index (Phi) is 1.86. The SMILES string of the molecule is Cc1cnn(CC(F)(F)C2CC2)c1. The molecule has 1 fully saturated rings. The molecule has 0 aliphatic heterocycles. The Balaban J connectivity index is 2.04. The van der Waals surface area contributed by atoms with Gasteiger partial charge in [-0.2, -0.15) is 5.10 Å². The summed E-state index contributed by atoms with van der Waals surface area (Å²) < 4.78 is 27.8. The second-order valence-corrected chi connectivity index (χ2v) is 3.75. The summed E-state index contributed by atoms with van der Waals surface area (Å²) in [7, 11) is 0. The standard InChI is InChI=1S/C9H12F2N2/c1-7-4-12-13(5-7)6-9(10,11)8-2-3-8/h4-5,8H,2-3,6H2,1H3. The third-order valence-electron chi connectivity index (χ3n) is 2.31. The third kappa shape index (κ3) is 1.87. The Morgan fingerprint density at radius 2 is 2.31 bits per heavy atom. The van der Waals surface area contributed by atoms with Crippen LogP contribution in [-0.4, -0.2) is 15.7 Å². The zero-order chi connectivity index (χ0) is 9.47. The molecule has 1 aliphatic carbocycles. The molecule has 13 heavy (non-hydrogen) atoms. The molecule has 0 N–H and O–H groups in total. The predicted molar refractivity (Wildman–Crippen MR) is 44.6 cm³/mol. The molecular weight excluding hydrogens is 174 g/mol. The second-order valence-electron chi connectivity index (χ2n) is 3.75. The number of aromatic nitrogens is 2. The number of alkyl halides is 2. The van der Waals surface area contributed by atoms with Crippen LogP contribution >= 0.6 is 0 Å². The van der Waals surface area contributed by atoms with E-state index in [0.717, 1.165) is 5.56 Å². The number of hydrogen-bond acceptors (Lipinski definition) is 1. The van der Waals surface area contributed by atoms with Crippen LogP contribution in [0.1, 0.15) is 18.4 Å². The fourth-order valence-corrected chi connectivity index (χ4v) is 1.40. The third-order valence-corrected chi connectivity index (χ3v) is 2.31. The lowest BCUT2D eigenvalue weighted by atomic mass is 10.2. The van der Waals surface area contributed by atoms with Crippen molar-refractivity contribution >= 4 is 0 Å². The van der Waals surface area contributed by atoms with Crippen molar-refractivity contribution in [1.82, 2.24) is 9.78 Å². The lowest BCUT2D eigenvalue weighted by Gasteiger charge is -2.14. The first-order valence-electron chi connectivity index (χ1n) is 4.45. The van der Waals surface area contributed by atoms with Crippen LogP contribution in [0.25, 0.3) is 0 Å². The fraction of sp³-hybridized carbons (Fsp3) is 0.667. The van der Waals surface area contributed by atoms with Gasteiger partial charge in [0.1, 0.15) is 6.54 Å². The smallest absolute Gasteiger partial charge is 0.266 e. The first-order valence-corrected chi connectivity index (χ1v) is 4.45. The molecule has 72 valence electrons. The minimum absolute atomic E-state index is 0.272. The normalized spacial score (nSPS) is 17.8. The van der Waals surface area contributed by atoms with Gasteiger partial charge >= 0.3 is 0 Å². The molecule has 1 saturated carbocycles. The van der Waals surface area contributed by atoms with Gasteiger partial charge in [-0.15, -0.1) is 0 Å². The Hall–Kier alpha value is -0.930. The maximum absolute atomic E-state index is 13.2. The molecule has 0 bridgehead atoms. The molecule has 0 saturated heterocycles. The van der Waals surface area contributed by atoms with Gasteiger partial charge in [0.15, 0.2) is 0 Å². The van der Waals surface area contributed by atoms with Crippen molar-refractivity contribution in [1.29, 1.82) is 0 Å². The average molecular weight is 186 g/mol. The minimum Gasteiger partial charge on any atom is -0.266 e.